The van der Waals surface area contributed by atoms with Crippen molar-refractivity contribution in [3.05, 3.63) is 40.0 Å². The van der Waals surface area contributed by atoms with Gasteiger partial charge in [-0.05, 0) is 37.5 Å². The molecule has 0 spiro atoms. The molecule has 9 nitrogen and oxygen atoms in total. The number of rotatable bonds is 4. The maximum atomic E-state index is 13.0. The first-order chi connectivity index (χ1) is 15.4. The first-order valence-electron chi connectivity index (χ1n) is 10.1. The van der Waals surface area contributed by atoms with Gasteiger partial charge in [0.15, 0.2) is 5.82 Å². The van der Waals surface area contributed by atoms with Gasteiger partial charge in [-0.25, -0.2) is 19.4 Å². The van der Waals surface area contributed by atoms with E-state index in [1.165, 1.54) is 25.7 Å². The molecule has 0 amide bonds. The van der Waals surface area contributed by atoms with Crippen molar-refractivity contribution in [2.45, 2.75) is 19.3 Å². The molecule has 3 heterocycles. The highest BCUT2D eigenvalue weighted by Gasteiger charge is 2.37. The van der Waals surface area contributed by atoms with Gasteiger partial charge in [-0.15, -0.1) is 0 Å². The predicted molar refractivity (Wildman–Crippen MR) is 118 cm³/mol. The summed E-state index contributed by atoms with van der Waals surface area (Å²) in [6.07, 6.45) is 2.99. The second-order valence-electron chi connectivity index (χ2n) is 7.37. The number of benzene rings is 1. The summed E-state index contributed by atoms with van der Waals surface area (Å²) in [7, 11) is 3.57. The number of carbonyl (C=O) groups is 3. The lowest BCUT2D eigenvalue weighted by atomic mass is 10.1. The highest BCUT2D eigenvalue weighted by molar-refractivity contribution is 6.31. The van der Waals surface area contributed by atoms with E-state index in [9.17, 15) is 14.4 Å². The Hall–Kier alpha value is -3.33. The number of anilines is 1. The van der Waals surface area contributed by atoms with E-state index in [1.807, 2.05) is 4.90 Å². The number of hydrogen-bond donors (Lipinski definition) is 0. The molecule has 1 aromatic carbocycles. The van der Waals surface area contributed by atoms with Crippen LogP contribution >= 0.6 is 11.6 Å². The van der Waals surface area contributed by atoms with Crippen LogP contribution in [0.5, 0.6) is 0 Å². The molecule has 4 rings (SSSR count). The Morgan fingerprint density at radius 2 is 1.53 bits per heavy atom. The van der Waals surface area contributed by atoms with Gasteiger partial charge < -0.3 is 19.1 Å². The summed E-state index contributed by atoms with van der Waals surface area (Å²) in [5.74, 6) is -2.00. The number of nitrogens with zero attached hydrogens (tertiary/aromatic N) is 3. The van der Waals surface area contributed by atoms with Crippen LogP contribution in [0.15, 0.2) is 18.2 Å². The molecule has 32 heavy (non-hydrogen) atoms. The summed E-state index contributed by atoms with van der Waals surface area (Å²) in [6.45, 7) is 1.43. The maximum absolute atomic E-state index is 13.0. The maximum Gasteiger partial charge on any atom is 0.355 e. The lowest BCUT2D eigenvalue weighted by Crippen LogP contribution is -2.31. The van der Waals surface area contributed by atoms with Crippen molar-refractivity contribution in [3.63, 3.8) is 0 Å². The van der Waals surface area contributed by atoms with Crippen molar-refractivity contribution >= 4 is 51.9 Å². The van der Waals surface area contributed by atoms with Gasteiger partial charge in [-0.1, -0.05) is 11.6 Å². The van der Waals surface area contributed by atoms with Gasteiger partial charge in [-0.3, -0.25) is 4.40 Å². The average Bonchev–Trinajstić information content (AvgIpc) is 3.19. The minimum absolute atomic E-state index is 0.102. The van der Waals surface area contributed by atoms with Crippen molar-refractivity contribution < 1.29 is 28.6 Å². The third kappa shape index (κ3) is 3.42. The molecule has 1 fully saturated rings. The first kappa shape index (κ1) is 21.9. The second kappa shape index (κ2) is 8.66. The number of methoxy groups -OCH3 is 3. The van der Waals surface area contributed by atoms with E-state index in [4.69, 9.17) is 30.8 Å². The van der Waals surface area contributed by atoms with E-state index in [1.54, 1.807) is 18.2 Å². The van der Waals surface area contributed by atoms with Crippen LogP contribution in [0.4, 0.5) is 5.82 Å². The molecular formula is C22H22ClN3O6. The van der Waals surface area contributed by atoms with Crippen LogP contribution in [0.25, 0.3) is 16.6 Å². The average molecular weight is 460 g/mol. The van der Waals surface area contributed by atoms with Gasteiger partial charge in [0.25, 0.3) is 0 Å². The molecule has 0 saturated carbocycles. The number of fused-ring (bicyclic) bond motifs is 3. The number of esters is 3. The van der Waals surface area contributed by atoms with Crippen LogP contribution < -0.4 is 4.90 Å². The molecule has 0 aliphatic carbocycles. The zero-order valence-electron chi connectivity index (χ0n) is 17.9. The zero-order chi connectivity index (χ0) is 23.0. The van der Waals surface area contributed by atoms with Gasteiger partial charge in [0, 0.05) is 18.1 Å². The zero-order valence-corrected chi connectivity index (χ0v) is 18.7. The Labute approximate surface area is 188 Å². The van der Waals surface area contributed by atoms with Crippen molar-refractivity contribution in [1.29, 1.82) is 0 Å². The standard InChI is InChI=1S/C22H22ClN3O6/c1-30-20(27)15-16(21(28)31-2)18(22(29)32-3)26-14-11-12(23)7-8-13(14)24-19(17(15)26)25-9-5-4-6-10-25/h7-8,11H,4-6,9-10H2,1-3H3. The Morgan fingerprint density at radius 1 is 0.906 bits per heavy atom. The third-order valence-electron chi connectivity index (χ3n) is 5.60. The molecule has 0 N–H and O–H groups in total. The number of carbonyl (C=O) groups excluding carboxylic acids is 3. The molecule has 1 saturated heterocycles. The van der Waals surface area contributed by atoms with Crippen LogP contribution in [-0.2, 0) is 14.2 Å². The van der Waals surface area contributed by atoms with E-state index in [0.717, 1.165) is 19.3 Å². The van der Waals surface area contributed by atoms with Gasteiger partial charge in [0.2, 0.25) is 0 Å². The van der Waals surface area contributed by atoms with Crippen LogP contribution in [0.3, 0.4) is 0 Å². The van der Waals surface area contributed by atoms with Crippen LogP contribution in [-0.4, -0.2) is 61.7 Å². The summed E-state index contributed by atoms with van der Waals surface area (Å²) in [5.41, 5.74) is 0.759. The van der Waals surface area contributed by atoms with Gasteiger partial charge in [0.05, 0.1) is 32.4 Å². The van der Waals surface area contributed by atoms with Crippen LogP contribution in [0, 0.1) is 0 Å². The minimum Gasteiger partial charge on any atom is -0.465 e. The first-order valence-corrected chi connectivity index (χ1v) is 10.5. The molecule has 168 valence electrons. The number of aromatic nitrogens is 2. The molecule has 0 atom stereocenters. The minimum atomic E-state index is -0.866. The van der Waals surface area contributed by atoms with E-state index in [0.29, 0.717) is 35.0 Å². The van der Waals surface area contributed by atoms with E-state index < -0.39 is 17.9 Å². The highest BCUT2D eigenvalue weighted by Crippen LogP contribution is 2.36. The molecule has 0 bridgehead atoms. The Balaban J connectivity index is 2.27. The number of piperidine rings is 1. The Bertz CT molecular complexity index is 1250. The summed E-state index contributed by atoms with van der Waals surface area (Å²) in [4.78, 5) is 45.6. The number of hydrogen-bond acceptors (Lipinski definition) is 8. The Morgan fingerprint density at radius 3 is 2.16 bits per heavy atom. The normalized spacial score (nSPS) is 13.9. The quantitative estimate of drug-likeness (QED) is 0.432. The van der Waals surface area contributed by atoms with Gasteiger partial charge >= 0.3 is 17.9 Å². The summed E-state index contributed by atoms with van der Waals surface area (Å²) < 4.78 is 16.4. The van der Waals surface area contributed by atoms with E-state index in [-0.39, 0.29) is 22.3 Å². The number of halogens is 1. The summed E-state index contributed by atoms with van der Waals surface area (Å²) in [6, 6.07) is 5.03. The van der Waals surface area contributed by atoms with Gasteiger partial charge in [0.1, 0.15) is 22.3 Å². The van der Waals surface area contributed by atoms with Crippen molar-refractivity contribution in [1.82, 2.24) is 9.38 Å². The fourth-order valence-corrected chi connectivity index (χ4v) is 4.35. The molecule has 0 radical (unpaired) electrons. The van der Waals surface area contributed by atoms with E-state index >= 15 is 0 Å². The molecule has 1 aliphatic heterocycles. The predicted octanol–water partition coefficient (Wildman–Crippen LogP) is 3.49. The number of ether oxygens (including phenoxy) is 3. The fraction of sp³-hybridized carbons (Fsp3) is 0.364. The molecule has 1 aliphatic rings. The monoisotopic (exact) mass is 459 g/mol. The third-order valence-corrected chi connectivity index (χ3v) is 5.84. The largest absolute Gasteiger partial charge is 0.465 e. The molecule has 0 unspecified atom stereocenters. The van der Waals surface area contributed by atoms with E-state index in [2.05, 4.69) is 0 Å². The van der Waals surface area contributed by atoms with Crippen molar-refractivity contribution in [2.75, 3.05) is 39.3 Å². The fourth-order valence-electron chi connectivity index (χ4n) is 4.18. The summed E-state index contributed by atoms with van der Waals surface area (Å²) in [5, 5.41) is 0.398. The van der Waals surface area contributed by atoms with Crippen LogP contribution in [0.1, 0.15) is 50.5 Å². The lowest BCUT2D eigenvalue weighted by molar-refractivity contribution is 0.0536. The van der Waals surface area contributed by atoms with Gasteiger partial charge in [-0.2, -0.15) is 0 Å². The molecule has 3 aromatic rings. The van der Waals surface area contributed by atoms with Crippen molar-refractivity contribution in [2.24, 2.45) is 0 Å². The molecular weight excluding hydrogens is 438 g/mol. The summed E-state index contributed by atoms with van der Waals surface area (Å²) >= 11 is 6.25. The molecule has 10 heteroatoms. The second-order valence-corrected chi connectivity index (χ2v) is 7.81. The topological polar surface area (TPSA) is 99.4 Å². The lowest BCUT2D eigenvalue weighted by Gasteiger charge is -2.29. The molecule has 2 aromatic heterocycles. The van der Waals surface area contributed by atoms with Crippen molar-refractivity contribution in [3.8, 4) is 0 Å². The van der Waals surface area contributed by atoms with Crippen LogP contribution in [0.2, 0.25) is 5.02 Å². The highest BCUT2D eigenvalue weighted by atomic mass is 35.5. The smallest absolute Gasteiger partial charge is 0.355 e. The Kier molecular flexibility index (Phi) is 5.92. The SMILES string of the molecule is COC(=O)c1c(C(=O)OC)c2c(N3CCCCC3)nc3ccc(Cl)cc3n2c1C(=O)OC.